The summed E-state index contributed by atoms with van der Waals surface area (Å²) in [5.41, 5.74) is -2.63. The van der Waals surface area contributed by atoms with E-state index < -0.39 is 23.2 Å². The van der Waals surface area contributed by atoms with Crippen LogP contribution in [0.5, 0.6) is 0 Å². The Labute approximate surface area is 246 Å². The van der Waals surface area contributed by atoms with Crippen LogP contribution in [0.3, 0.4) is 0 Å². The predicted octanol–water partition coefficient (Wildman–Crippen LogP) is 6.10. The first kappa shape index (κ1) is 30.7. The van der Waals surface area contributed by atoms with E-state index in [0.29, 0.717) is 39.7 Å². The molecule has 218 valence electrons. The third kappa shape index (κ3) is 6.44. The second kappa shape index (κ2) is 12.3. The van der Waals surface area contributed by atoms with Gasteiger partial charge in [0.05, 0.1) is 10.6 Å². The summed E-state index contributed by atoms with van der Waals surface area (Å²) in [6, 6.07) is 10.7. The molecule has 1 atom stereocenters. The number of carbonyl (C=O) groups excluding carboxylic acids is 2. The fraction of sp³-hybridized carbons (Fsp3) is 0.517. The van der Waals surface area contributed by atoms with Crippen molar-refractivity contribution in [3.8, 4) is 0 Å². The first-order valence-corrected chi connectivity index (χ1v) is 14.6. The highest BCUT2D eigenvalue weighted by molar-refractivity contribution is 9.10. The summed E-state index contributed by atoms with van der Waals surface area (Å²) in [6.07, 6.45) is -1.02. The summed E-state index contributed by atoms with van der Waals surface area (Å²) < 4.78 is 42.5. The van der Waals surface area contributed by atoms with Gasteiger partial charge < -0.3 is 19.8 Å². The number of halogens is 5. The van der Waals surface area contributed by atoms with E-state index in [2.05, 4.69) is 20.8 Å². The lowest BCUT2D eigenvalue weighted by molar-refractivity contribution is -0.262. The minimum atomic E-state index is -5.15. The average Bonchev–Trinajstić information content (AvgIpc) is 2.92. The van der Waals surface area contributed by atoms with Crippen LogP contribution in [-0.4, -0.2) is 73.2 Å². The van der Waals surface area contributed by atoms with E-state index in [9.17, 15) is 27.9 Å². The second-order valence-corrected chi connectivity index (χ2v) is 12.3. The molecule has 0 saturated carbocycles. The van der Waals surface area contributed by atoms with Gasteiger partial charge in [-0.05, 0) is 74.3 Å². The van der Waals surface area contributed by atoms with Crippen LogP contribution in [0.25, 0.3) is 0 Å². The van der Waals surface area contributed by atoms with Crippen LogP contribution in [0.2, 0.25) is 5.02 Å². The van der Waals surface area contributed by atoms with E-state index in [-0.39, 0.29) is 19.0 Å². The zero-order valence-corrected chi connectivity index (χ0v) is 24.9. The van der Waals surface area contributed by atoms with Gasteiger partial charge in [-0.2, -0.15) is 13.2 Å². The van der Waals surface area contributed by atoms with E-state index >= 15 is 0 Å². The maximum atomic E-state index is 14.0. The Bertz CT molecular complexity index is 1230. The van der Waals surface area contributed by atoms with Crippen LogP contribution in [0, 0.1) is 11.8 Å². The fourth-order valence-corrected chi connectivity index (χ4v) is 6.39. The van der Waals surface area contributed by atoms with Crippen molar-refractivity contribution in [3.63, 3.8) is 0 Å². The number of benzene rings is 2. The van der Waals surface area contributed by atoms with Gasteiger partial charge >= 0.3 is 6.18 Å². The summed E-state index contributed by atoms with van der Waals surface area (Å²) >= 11 is 9.52. The number of nitrogens with zero attached hydrogens (tertiary/aromatic N) is 3. The van der Waals surface area contributed by atoms with Gasteiger partial charge in [0, 0.05) is 56.0 Å². The molecule has 1 N–H and O–H groups in total. The number of amides is 2. The molecule has 40 heavy (non-hydrogen) atoms. The van der Waals surface area contributed by atoms with E-state index in [0.717, 1.165) is 55.1 Å². The average molecular weight is 645 g/mol. The SMILES string of the molecule is CN(C)C(=O)c1ccc(N2CCC(CC3CCN(C(=O)C(O)(c4cccc(Br)c4)C(F)(F)F)CC3)CC2)cc1Cl. The largest absolute Gasteiger partial charge is 0.430 e. The molecular formula is C29H34BrClF3N3O3. The van der Waals surface area contributed by atoms with E-state index in [1.165, 1.54) is 11.0 Å². The van der Waals surface area contributed by atoms with Gasteiger partial charge in [0.1, 0.15) is 0 Å². The normalized spacial score (nSPS) is 18.9. The molecule has 2 heterocycles. The number of rotatable bonds is 6. The maximum absolute atomic E-state index is 14.0. The Morgan fingerprint density at radius 2 is 1.60 bits per heavy atom. The van der Waals surface area contributed by atoms with Gasteiger partial charge in [-0.3, -0.25) is 9.59 Å². The predicted molar refractivity (Wildman–Crippen MR) is 152 cm³/mol. The van der Waals surface area contributed by atoms with Crippen LogP contribution in [0.1, 0.15) is 48.0 Å². The van der Waals surface area contributed by atoms with Crippen molar-refractivity contribution >= 4 is 45.0 Å². The third-order valence-corrected chi connectivity index (χ3v) is 8.91. The van der Waals surface area contributed by atoms with Gasteiger partial charge in [-0.1, -0.05) is 39.7 Å². The van der Waals surface area contributed by atoms with Crippen molar-refractivity contribution in [3.05, 3.63) is 63.1 Å². The molecule has 11 heteroatoms. The molecule has 2 fully saturated rings. The number of carbonyl (C=O) groups is 2. The Balaban J connectivity index is 1.30. The van der Waals surface area contributed by atoms with E-state index in [4.69, 9.17) is 11.6 Å². The molecular weight excluding hydrogens is 611 g/mol. The Hall–Kier alpha value is -2.30. The van der Waals surface area contributed by atoms with Crippen LogP contribution in [0.15, 0.2) is 46.9 Å². The Morgan fingerprint density at radius 3 is 2.12 bits per heavy atom. The number of aliphatic hydroxyl groups is 1. The van der Waals surface area contributed by atoms with Gasteiger partial charge in [-0.15, -0.1) is 0 Å². The van der Waals surface area contributed by atoms with Crippen molar-refractivity contribution in [2.45, 2.75) is 43.9 Å². The highest BCUT2D eigenvalue weighted by Gasteiger charge is 2.62. The van der Waals surface area contributed by atoms with Crippen molar-refractivity contribution in [2.24, 2.45) is 11.8 Å². The lowest BCUT2D eigenvalue weighted by atomic mass is 9.82. The van der Waals surface area contributed by atoms with Crippen LogP contribution >= 0.6 is 27.5 Å². The van der Waals surface area contributed by atoms with Crippen molar-refractivity contribution < 1.29 is 27.9 Å². The third-order valence-electron chi connectivity index (χ3n) is 8.10. The quantitative estimate of drug-likeness (QED) is 0.413. The van der Waals surface area contributed by atoms with Crippen LogP contribution in [0.4, 0.5) is 18.9 Å². The first-order valence-electron chi connectivity index (χ1n) is 13.4. The molecule has 2 aromatic carbocycles. The molecule has 0 aromatic heterocycles. The summed E-state index contributed by atoms with van der Waals surface area (Å²) in [4.78, 5) is 30.2. The molecule has 4 rings (SSSR count). The first-order chi connectivity index (χ1) is 18.8. The van der Waals surface area contributed by atoms with E-state index in [1.807, 2.05) is 12.1 Å². The number of hydrogen-bond acceptors (Lipinski definition) is 4. The van der Waals surface area contributed by atoms with Crippen LogP contribution < -0.4 is 4.90 Å². The molecule has 2 amide bonds. The fourth-order valence-electron chi connectivity index (χ4n) is 5.74. The molecule has 2 saturated heterocycles. The number of hydrogen-bond donors (Lipinski definition) is 1. The molecule has 0 aliphatic carbocycles. The van der Waals surface area contributed by atoms with Gasteiger partial charge in [0.2, 0.25) is 0 Å². The van der Waals surface area contributed by atoms with Crippen LogP contribution in [-0.2, 0) is 10.4 Å². The standard InChI is InChI=1S/C29H34BrClF3N3O3/c1-35(2)26(38)24-7-6-23(18-25(24)31)36-12-8-19(9-13-36)16-20-10-14-37(15-11-20)27(39)28(40,29(32,33)34)21-4-3-5-22(30)17-21/h3-7,17-20,40H,8-16H2,1-2H3. The molecule has 2 aromatic rings. The number of alkyl halides is 3. The lowest BCUT2D eigenvalue weighted by Crippen LogP contribution is -2.57. The smallest absolute Gasteiger partial charge is 0.371 e. The maximum Gasteiger partial charge on any atom is 0.430 e. The van der Waals surface area contributed by atoms with E-state index in [1.54, 1.807) is 26.2 Å². The molecule has 6 nitrogen and oxygen atoms in total. The zero-order valence-electron chi connectivity index (χ0n) is 22.6. The summed E-state index contributed by atoms with van der Waals surface area (Å²) in [5, 5.41) is 11.2. The summed E-state index contributed by atoms with van der Waals surface area (Å²) in [6.45, 7) is 2.08. The number of anilines is 1. The highest BCUT2D eigenvalue weighted by Crippen LogP contribution is 2.42. The monoisotopic (exact) mass is 643 g/mol. The highest BCUT2D eigenvalue weighted by atomic mass is 79.9. The van der Waals surface area contributed by atoms with Crippen molar-refractivity contribution in [2.75, 3.05) is 45.2 Å². The molecule has 1 unspecified atom stereocenters. The van der Waals surface area contributed by atoms with Gasteiger partial charge in [0.15, 0.2) is 0 Å². The minimum absolute atomic E-state index is 0.140. The van der Waals surface area contributed by atoms with Gasteiger partial charge in [-0.25, -0.2) is 0 Å². The molecule has 2 aliphatic heterocycles. The molecule has 0 spiro atoms. The molecule has 0 bridgehead atoms. The summed E-state index contributed by atoms with van der Waals surface area (Å²) in [5.74, 6) is -0.653. The Kier molecular flexibility index (Phi) is 9.42. The minimum Gasteiger partial charge on any atom is -0.371 e. The number of piperidine rings is 2. The summed E-state index contributed by atoms with van der Waals surface area (Å²) in [7, 11) is 3.37. The molecule has 2 aliphatic rings. The van der Waals surface area contributed by atoms with Crippen molar-refractivity contribution in [1.29, 1.82) is 0 Å². The second-order valence-electron chi connectivity index (χ2n) is 11.0. The van der Waals surface area contributed by atoms with Crippen molar-refractivity contribution in [1.82, 2.24) is 9.80 Å². The topological polar surface area (TPSA) is 64.1 Å². The number of likely N-dealkylation sites (tertiary alicyclic amines) is 1. The molecule has 0 radical (unpaired) electrons. The Morgan fingerprint density at radius 1 is 1.00 bits per heavy atom. The lowest BCUT2D eigenvalue weighted by Gasteiger charge is -2.40. The zero-order chi connectivity index (χ0) is 29.2. The van der Waals surface area contributed by atoms with Gasteiger partial charge in [0.25, 0.3) is 17.4 Å².